The molecule has 0 nitrogen and oxygen atoms in total. The Bertz CT molecular complexity index is 485. The lowest BCUT2D eigenvalue weighted by Gasteiger charge is -2.01. The summed E-state index contributed by atoms with van der Waals surface area (Å²) in [4.78, 5) is 0. The summed E-state index contributed by atoms with van der Waals surface area (Å²) in [5, 5.41) is 0. The Morgan fingerprint density at radius 1 is 0.333 bits per heavy atom. The number of rotatable bonds is 35. The summed E-state index contributed by atoms with van der Waals surface area (Å²) >= 11 is 0. The van der Waals surface area contributed by atoms with Gasteiger partial charge >= 0.3 is 0 Å². The van der Waals surface area contributed by atoms with Crippen molar-refractivity contribution in [2.24, 2.45) is 0 Å². The molecule has 0 unspecified atom stereocenters. The standard InChI is InChI=1S/C15H32.C15H30.C15H28/c3*1-3-5-7-9-11-13-15-14-12-10-8-6-4-2/h3-15H2,1-2H3;3H,1,4-15H2,2H3;1H,4-15H2,2H3. The Balaban J connectivity index is -0.000000588. The van der Waals surface area contributed by atoms with E-state index in [4.69, 9.17) is 6.42 Å². The van der Waals surface area contributed by atoms with Gasteiger partial charge in [0.1, 0.15) is 0 Å². The lowest BCUT2D eigenvalue weighted by atomic mass is 10.1. The first kappa shape index (κ1) is 48.7. The molecule has 270 valence electrons. The van der Waals surface area contributed by atoms with E-state index in [1.54, 1.807) is 0 Å². The zero-order valence-electron chi connectivity index (χ0n) is 32.5. The minimum atomic E-state index is 0.969. The lowest BCUT2D eigenvalue weighted by Crippen LogP contribution is -1.82. The van der Waals surface area contributed by atoms with E-state index in [2.05, 4.69) is 40.2 Å². The van der Waals surface area contributed by atoms with E-state index in [0.29, 0.717) is 0 Å². The molecule has 0 rings (SSSR count). The molecule has 0 saturated carbocycles. The first-order valence-corrected chi connectivity index (χ1v) is 21.3. The van der Waals surface area contributed by atoms with E-state index in [-0.39, 0.29) is 0 Å². The van der Waals surface area contributed by atoms with Crippen LogP contribution >= 0.6 is 0 Å². The Hall–Kier alpha value is -0.700. The van der Waals surface area contributed by atoms with E-state index < -0.39 is 0 Å². The van der Waals surface area contributed by atoms with Gasteiger partial charge in [-0.05, 0) is 19.3 Å². The van der Waals surface area contributed by atoms with Crippen molar-refractivity contribution >= 4 is 0 Å². The summed E-state index contributed by atoms with van der Waals surface area (Å²) in [6.45, 7) is 12.9. The molecule has 0 amide bonds. The number of unbranched alkanes of at least 4 members (excludes halogenated alkanes) is 34. The predicted octanol–water partition coefficient (Wildman–Crippen LogP) is 17.3. The second kappa shape index (κ2) is 52.8. The summed E-state index contributed by atoms with van der Waals surface area (Å²) in [6, 6.07) is 0. The van der Waals surface area contributed by atoms with Gasteiger partial charge in [-0.3, -0.25) is 0 Å². The van der Waals surface area contributed by atoms with Crippen molar-refractivity contribution < 1.29 is 0 Å². The summed E-state index contributed by atoms with van der Waals surface area (Å²) in [7, 11) is 0. The van der Waals surface area contributed by atoms with Gasteiger partial charge in [0.05, 0.1) is 0 Å². The smallest absolute Gasteiger partial charge is 0.00860 e. The Kier molecular flexibility index (Phi) is 57.2. The maximum atomic E-state index is 5.20. The SMILES string of the molecule is C#CCCCCCCCCCCCCC.C=CCCCCCCCCCCCCC.CCCCCCCCCCCCCCC. The van der Waals surface area contributed by atoms with Crippen molar-refractivity contribution in [1.29, 1.82) is 0 Å². The van der Waals surface area contributed by atoms with E-state index in [1.807, 2.05) is 6.08 Å². The highest BCUT2D eigenvalue weighted by Crippen LogP contribution is 2.14. The molecule has 0 bridgehead atoms. The molecular formula is C45H90. The van der Waals surface area contributed by atoms with Crippen LogP contribution in [0.5, 0.6) is 0 Å². The van der Waals surface area contributed by atoms with Gasteiger partial charge in [-0.15, -0.1) is 18.9 Å². The molecule has 0 heteroatoms. The van der Waals surface area contributed by atoms with Gasteiger partial charge < -0.3 is 0 Å². The van der Waals surface area contributed by atoms with Crippen LogP contribution in [0.1, 0.15) is 265 Å². The van der Waals surface area contributed by atoms with E-state index in [0.717, 1.165) is 6.42 Å². The molecule has 0 aliphatic rings. The van der Waals surface area contributed by atoms with Crippen LogP contribution in [0.25, 0.3) is 0 Å². The molecule has 0 N–H and O–H groups in total. The van der Waals surface area contributed by atoms with E-state index in [1.165, 1.54) is 231 Å². The molecule has 0 aromatic heterocycles. The zero-order chi connectivity index (χ0) is 33.6. The van der Waals surface area contributed by atoms with Crippen LogP contribution in [0.3, 0.4) is 0 Å². The quantitative estimate of drug-likeness (QED) is 0.0371. The third-order valence-corrected chi connectivity index (χ3v) is 9.14. The average Bonchev–Trinajstić information content (AvgIpc) is 3.06. The second-order valence-corrected chi connectivity index (χ2v) is 14.0. The van der Waals surface area contributed by atoms with Crippen molar-refractivity contribution in [3.05, 3.63) is 12.7 Å². The average molecular weight is 631 g/mol. The van der Waals surface area contributed by atoms with Crippen LogP contribution in [0.4, 0.5) is 0 Å². The Morgan fingerprint density at radius 2 is 0.533 bits per heavy atom. The van der Waals surface area contributed by atoms with Gasteiger partial charge in [0.25, 0.3) is 0 Å². The molecule has 0 aliphatic heterocycles. The van der Waals surface area contributed by atoms with Crippen LogP contribution in [-0.2, 0) is 0 Å². The normalized spacial score (nSPS) is 10.5. The first-order valence-electron chi connectivity index (χ1n) is 21.3. The van der Waals surface area contributed by atoms with Crippen LogP contribution in [0, 0.1) is 12.3 Å². The Morgan fingerprint density at radius 3 is 0.733 bits per heavy atom. The predicted molar refractivity (Wildman–Crippen MR) is 213 cm³/mol. The highest BCUT2D eigenvalue weighted by Gasteiger charge is 1.94. The largest absolute Gasteiger partial charge is 0.120 e. The van der Waals surface area contributed by atoms with Crippen LogP contribution < -0.4 is 0 Å². The summed E-state index contributed by atoms with van der Waals surface area (Å²) in [5.74, 6) is 2.70. The van der Waals surface area contributed by atoms with Crippen LogP contribution in [-0.4, -0.2) is 0 Å². The minimum Gasteiger partial charge on any atom is -0.120 e. The highest BCUT2D eigenvalue weighted by molar-refractivity contribution is 4.82. The fourth-order valence-corrected chi connectivity index (χ4v) is 5.94. The maximum absolute atomic E-state index is 5.20. The van der Waals surface area contributed by atoms with Gasteiger partial charge in [-0.1, -0.05) is 246 Å². The molecule has 0 aliphatic carbocycles. The monoisotopic (exact) mass is 631 g/mol. The molecule has 0 radical (unpaired) electrons. The fourth-order valence-electron chi connectivity index (χ4n) is 5.94. The van der Waals surface area contributed by atoms with Gasteiger partial charge in [0.2, 0.25) is 0 Å². The second-order valence-electron chi connectivity index (χ2n) is 14.0. The third-order valence-electron chi connectivity index (χ3n) is 9.14. The summed E-state index contributed by atoms with van der Waals surface area (Å²) in [5.41, 5.74) is 0. The summed E-state index contributed by atoms with van der Waals surface area (Å²) in [6.07, 6.45) is 59.4. The number of hydrogen-bond donors (Lipinski definition) is 0. The minimum absolute atomic E-state index is 0.969. The third kappa shape index (κ3) is 59.3. The van der Waals surface area contributed by atoms with Crippen molar-refractivity contribution in [3.63, 3.8) is 0 Å². The number of terminal acetylenes is 1. The number of hydrogen-bond acceptors (Lipinski definition) is 0. The van der Waals surface area contributed by atoms with Gasteiger partial charge in [0.15, 0.2) is 0 Å². The van der Waals surface area contributed by atoms with Crippen LogP contribution in [0.15, 0.2) is 12.7 Å². The van der Waals surface area contributed by atoms with Crippen molar-refractivity contribution in [2.45, 2.75) is 265 Å². The maximum Gasteiger partial charge on any atom is 0.00860 e. The molecule has 0 aromatic carbocycles. The van der Waals surface area contributed by atoms with E-state index >= 15 is 0 Å². The number of allylic oxidation sites excluding steroid dienone is 1. The highest BCUT2D eigenvalue weighted by atomic mass is 14.0. The zero-order valence-corrected chi connectivity index (χ0v) is 32.5. The lowest BCUT2D eigenvalue weighted by molar-refractivity contribution is 0.542. The van der Waals surface area contributed by atoms with Crippen molar-refractivity contribution in [1.82, 2.24) is 0 Å². The molecule has 0 atom stereocenters. The molecule has 45 heavy (non-hydrogen) atoms. The van der Waals surface area contributed by atoms with Gasteiger partial charge in [0, 0.05) is 6.42 Å². The molecule has 0 aromatic rings. The topological polar surface area (TPSA) is 0 Å². The molecule has 0 spiro atoms. The van der Waals surface area contributed by atoms with Crippen molar-refractivity contribution in [3.8, 4) is 12.3 Å². The molecule has 0 saturated heterocycles. The fraction of sp³-hybridized carbons (Fsp3) is 0.911. The molecule has 0 heterocycles. The van der Waals surface area contributed by atoms with Crippen molar-refractivity contribution in [2.75, 3.05) is 0 Å². The Labute approximate surface area is 289 Å². The van der Waals surface area contributed by atoms with E-state index in [9.17, 15) is 0 Å². The molecule has 0 fully saturated rings. The van der Waals surface area contributed by atoms with Gasteiger partial charge in [-0.2, -0.15) is 0 Å². The summed E-state index contributed by atoms with van der Waals surface area (Å²) < 4.78 is 0. The van der Waals surface area contributed by atoms with Gasteiger partial charge in [-0.25, -0.2) is 0 Å². The van der Waals surface area contributed by atoms with Crippen LogP contribution in [0.2, 0.25) is 0 Å². The molecular weight excluding hydrogens is 540 g/mol. The first-order chi connectivity index (χ1) is 22.2.